The predicted molar refractivity (Wildman–Crippen MR) is 86.9 cm³/mol. The maximum Gasteiger partial charge on any atom is 0.123 e. The van der Waals surface area contributed by atoms with E-state index in [1.807, 2.05) is 30.3 Å². The molecule has 0 aliphatic rings. The number of hydrogen-bond donors (Lipinski definition) is 1. The molecule has 0 radical (unpaired) electrons. The second-order valence-corrected chi connectivity index (χ2v) is 5.04. The van der Waals surface area contributed by atoms with Crippen LogP contribution in [0.2, 0.25) is 0 Å². The topological polar surface area (TPSA) is 49.7 Å². The lowest BCUT2D eigenvalue weighted by Gasteiger charge is -2.10. The van der Waals surface area contributed by atoms with Gasteiger partial charge in [-0.3, -0.25) is 0 Å². The maximum absolute atomic E-state index is 11.0. The van der Waals surface area contributed by atoms with E-state index in [4.69, 9.17) is 0 Å². The van der Waals surface area contributed by atoms with E-state index in [0.717, 1.165) is 24.0 Å². The molecule has 0 heterocycles. The minimum Gasteiger partial charge on any atom is -0.507 e. The molecule has 0 atom stereocenters. The Morgan fingerprint density at radius 2 is 1.86 bits per heavy atom. The number of rotatable bonds is 6. The number of benzene rings is 2. The minimum absolute atomic E-state index is 0.154. The molecule has 2 aromatic rings. The van der Waals surface area contributed by atoms with Gasteiger partial charge in [0.1, 0.15) is 11.4 Å². The second-order valence-electron chi connectivity index (χ2n) is 5.04. The first kappa shape index (κ1) is 15.0. The number of hydrogen-bond acceptors (Lipinski definition) is 3. The molecule has 0 saturated heterocycles. The van der Waals surface area contributed by atoms with Crippen molar-refractivity contribution in [2.24, 2.45) is 5.18 Å². The van der Waals surface area contributed by atoms with E-state index in [2.05, 4.69) is 18.7 Å². The zero-order chi connectivity index (χ0) is 15.2. The second kappa shape index (κ2) is 6.84. The Morgan fingerprint density at radius 3 is 2.52 bits per heavy atom. The van der Waals surface area contributed by atoms with Crippen molar-refractivity contribution in [3.05, 3.63) is 65.1 Å². The van der Waals surface area contributed by atoms with E-state index >= 15 is 0 Å². The van der Waals surface area contributed by atoms with Gasteiger partial charge in [0.05, 0.1) is 0 Å². The van der Waals surface area contributed by atoms with Crippen LogP contribution in [0.5, 0.6) is 5.75 Å². The van der Waals surface area contributed by atoms with Gasteiger partial charge in [0.25, 0.3) is 0 Å². The highest BCUT2D eigenvalue weighted by Crippen LogP contribution is 2.37. The highest BCUT2D eigenvalue weighted by molar-refractivity contribution is 5.80. The summed E-state index contributed by atoms with van der Waals surface area (Å²) in [4.78, 5) is 11.0. The van der Waals surface area contributed by atoms with Gasteiger partial charge in [-0.15, -0.1) is 11.5 Å². The number of nitroso groups, excluding NO2 is 1. The Balaban J connectivity index is 2.57. The van der Waals surface area contributed by atoms with Crippen molar-refractivity contribution in [3.8, 4) is 16.9 Å². The van der Waals surface area contributed by atoms with Crippen LogP contribution in [0.1, 0.15) is 24.5 Å². The van der Waals surface area contributed by atoms with Gasteiger partial charge in [-0.05, 0) is 53.4 Å². The SMILES string of the molecule is C=CCc1ccc(O)c(-c2cc(CCC)ccc2N=O)c1. The molecule has 0 aromatic heterocycles. The molecule has 108 valence electrons. The van der Waals surface area contributed by atoms with Crippen molar-refractivity contribution >= 4 is 5.69 Å². The van der Waals surface area contributed by atoms with Gasteiger partial charge in [0, 0.05) is 11.1 Å². The van der Waals surface area contributed by atoms with E-state index in [1.54, 1.807) is 12.1 Å². The number of nitrogens with zero attached hydrogens (tertiary/aromatic N) is 1. The van der Waals surface area contributed by atoms with Crippen molar-refractivity contribution in [2.75, 3.05) is 0 Å². The molecule has 2 aromatic carbocycles. The van der Waals surface area contributed by atoms with Crippen molar-refractivity contribution in [2.45, 2.75) is 26.2 Å². The molecule has 2 rings (SSSR count). The summed E-state index contributed by atoms with van der Waals surface area (Å²) in [5.74, 6) is 0.154. The normalized spacial score (nSPS) is 10.3. The van der Waals surface area contributed by atoms with Gasteiger partial charge in [-0.25, -0.2) is 0 Å². The fraction of sp³-hybridized carbons (Fsp3) is 0.222. The zero-order valence-electron chi connectivity index (χ0n) is 12.2. The molecule has 0 spiro atoms. The number of allylic oxidation sites excluding steroid dienone is 1. The quantitative estimate of drug-likeness (QED) is 0.589. The number of aryl methyl sites for hydroxylation is 1. The van der Waals surface area contributed by atoms with E-state index in [0.29, 0.717) is 23.2 Å². The Hall–Kier alpha value is -2.42. The molecule has 0 aliphatic carbocycles. The summed E-state index contributed by atoms with van der Waals surface area (Å²) in [6.45, 7) is 5.83. The molecule has 0 unspecified atom stereocenters. The van der Waals surface area contributed by atoms with Crippen molar-refractivity contribution in [3.63, 3.8) is 0 Å². The summed E-state index contributed by atoms with van der Waals surface area (Å²) in [6.07, 6.45) is 4.48. The first-order valence-electron chi connectivity index (χ1n) is 7.09. The Labute approximate surface area is 124 Å². The van der Waals surface area contributed by atoms with Gasteiger partial charge in [-0.2, -0.15) is 0 Å². The summed E-state index contributed by atoms with van der Waals surface area (Å²) in [7, 11) is 0. The van der Waals surface area contributed by atoms with Crippen LogP contribution in [-0.4, -0.2) is 5.11 Å². The summed E-state index contributed by atoms with van der Waals surface area (Å²) in [5.41, 5.74) is 3.84. The first-order chi connectivity index (χ1) is 10.2. The maximum atomic E-state index is 11.0. The molecule has 0 amide bonds. The number of aromatic hydroxyl groups is 1. The summed E-state index contributed by atoms with van der Waals surface area (Å²) in [6, 6.07) is 10.9. The van der Waals surface area contributed by atoms with E-state index < -0.39 is 0 Å². The molecule has 0 aliphatic heterocycles. The van der Waals surface area contributed by atoms with Crippen molar-refractivity contribution in [1.82, 2.24) is 0 Å². The van der Waals surface area contributed by atoms with Crippen LogP contribution >= 0.6 is 0 Å². The smallest absolute Gasteiger partial charge is 0.123 e. The lowest BCUT2D eigenvalue weighted by atomic mass is 9.96. The Morgan fingerprint density at radius 1 is 1.14 bits per heavy atom. The Bertz CT molecular complexity index is 662. The largest absolute Gasteiger partial charge is 0.507 e. The average Bonchev–Trinajstić information content (AvgIpc) is 2.50. The van der Waals surface area contributed by atoms with Gasteiger partial charge in [0.15, 0.2) is 0 Å². The Kier molecular flexibility index (Phi) is 4.88. The van der Waals surface area contributed by atoms with Crippen LogP contribution in [0, 0.1) is 4.91 Å². The molecule has 0 fully saturated rings. The van der Waals surface area contributed by atoms with Crippen molar-refractivity contribution < 1.29 is 5.11 Å². The van der Waals surface area contributed by atoms with Crippen LogP contribution in [0.3, 0.4) is 0 Å². The fourth-order valence-electron chi connectivity index (χ4n) is 2.42. The predicted octanol–water partition coefficient (Wildman–Crippen LogP) is 5.14. The monoisotopic (exact) mass is 281 g/mol. The van der Waals surface area contributed by atoms with Gasteiger partial charge < -0.3 is 5.11 Å². The summed E-state index contributed by atoms with van der Waals surface area (Å²) in [5, 5.41) is 13.2. The highest BCUT2D eigenvalue weighted by Gasteiger charge is 2.12. The molecular formula is C18H19NO2. The third-order valence-electron chi connectivity index (χ3n) is 3.43. The van der Waals surface area contributed by atoms with Crippen LogP contribution < -0.4 is 0 Å². The zero-order valence-corrected chi connectivity index (χ0v) is 12.2. The third kappa shape index (κ3) is 3.37. The lowest BCUT2D eigenvalue weighted by Crippen LogP contribution is -1.89. The van der Waals surface area contributed by atoms with E-state index in [-0.39, 0.29) is 5.75 Å². The van der Waals surface area contributed by atoms with E-state index in [1.165, 1.54) is 0 Å². The van der Waals surface area contributed by atoms with Crippen LogP contribution in [-0.2, 0) is 12.8 Å². The molecule has 3 heteroatoms. The van der Waals surface area contributed by atoms with Gasteiger partial charge in [0.2, 0.25) is 0 Å². The minimum atomic E-state index is 0.154. The number of phenolic OH excluding ortho intramolecular Hbond substituents is 1. The average molecular weight is 281 g/mol. The van der Waals surface area contributed by atoms with E-state index in [9.17, 15) is 10.0 Å². The molecule has 21 heavy (non-hydrogen) atoms. The van der Waals surface area contributed by atoms with Crippen molar-refractivity contribution in [1.29, 1.82) is 0 Å². The highest BCUT2D eigenvalue weighted by atomic mass is 16.3. The third-order valence-corrected chi connectivity index (χ3v) is 3.43. The fourth-order valence-corrected chi connectivity index (χ4v) is 2.42. The van der Waals surface area contributed by atoms with Crippen LogP contribution in [0.25, 0.3) is 11.1 Å². The molecule has 0 bridgehead atoms. The molecular weight excluding hydrogens is 262 g/mol. The molecule has 0 saturated carbocycles. The van der Waals surface area contributed by atoms with Crippen LogP contribution in [0.15, 0.2) is 54.2 Å². The van der Waals surface area contributed by atoms with Gasteiger partial charge in [-0.1, -0.05) is 31.6 Å². The van der Waals surface area contributed by atoms with Gasteiger partial charge >= 0.3 is 0 Å². The first-order valence-corrected chi connectivity index (χ1v) is 7.09. The molecule has 3 nitrogen and oxygen atoms in total. The number of phenols is 1. The molecule has 1 N–H and O–H groups in total. The summed E-state index contributed by atoms with van der Waals surface area (Å²) < 4.78 is 0. The standard InChI is InChI=1S/C18H19NO2/c1-3-5-13-7-9-17(19-21)15(11-13)16-12-14(6-4-2)8-10-18(16)20/h4,7-12,20H,2-3,5-6H2,1H3. The summed E-state index contributed by atoms with van der Waals surface area (Å²) >= 11 is 0. The lowest BCUT2D eigenvalue weighted by molar-refractivity contribution is 0.477. The van der Waals surface area contributed by atoms with Crippen LogP contribution in [0.4, 0.5) is 5.69 Å².